The lowest BCUT2D eigenvalue weighted by Crippen LogP contribution is -2.46. The molecule has 2 aromatic rings. The topological polar surface area (TPSA) is 44.7 Å². The molecule has 0 unspecified atom stereocenters. The van der Waals surface area contributed by atoms with Gasteiger partial charge in [-0.3, -0.25) is 0 Å². The van der Waals surface area contributed by atoms with Crippen LogP contribution in [0.4, 0.5) is 5.69 Å². The van der Waals surface area contributed by atoms with Gasteiger partial charge in [-0.05, 0) is 49.7 Å². The number of ether oxygens (including phenoxy) is 1. The van der Waals surface area contributed by atoms with Gasteiger partial charge >= 0.3 is 0 Å². The summed E-state index contributed by atoms with van der Waals surface area (Å²) in [6, 6.07) is 17.7. The third kappa shape index (κ3) is 4.11. The van der Waals surface area contributed by atoms with E-state index in [1.165, 1.54) is 0 Å². The Kier molecular flexibility index (Phi) is 5.56. The van der Waals surface area contributed by atoms with Crippen molar-refractivity contribution in [2.75, 3.05) is 25.0 Å². The SMILES string of the molecule is CCOc1ccccc1NC(=S)N1CCC(O)(c2ccccc2)CC1. The van der Waals surface area contributed by atoms with E-state index < -0.39 is 5.60 Å². The summed E-state index contributed by atoms with van der Waals surface area (Å²) in [4.78, 5) is 2.11. The van der Waals surface area contributed by atoms with Crippen molar-refractivity contribution in [2.45, 2.75) is 25.4 Å². The highest BCUT2D eigenvalue weighted by molar-refractivity contribution is 7.80. The minimum Gasteiger partial charge on any atom is -0.492 e. The first-order valence-corrected chi connectivity index (χ1v) is 9.09. The Morgan fingerprint density at radius 3 is 2.44 bits per heavy atom. The first kappa shape index (κ1) is 17.7. The van der Waals surface area contributed by atoms with Crippen molar-refractivity contribution in [2.24, 2.45) is 0 Å². The second-order valence-electron chi connectivity index (χ2n) is 6.24. The second kappa shape index (κ2) is 7.85. The number of rotatable bonds is 4. The lowest BCUT2D eigenvalue weighted by atomic mass is 9.84. The summed E-state index contributed by atoms with van der Waals surface area (Å²) in [6.07, 6.45) is 1.32. The highest BCUT2D eigenvalue weighted by Gasteiger charge is 2.34. The number of para-hydroxylation sites is 2. The Morgan fingerprint density at radius 2 is 1.76 bits per heavy atom. The lowest BCUT2D eigenvalue weighted by molar-refractivity contribution is -0.0117. The average Bonchev–Trinajstić information content (AvgIpc) is 2.65. The highest BCUT2D eigenvalue weighted by atomic mass is 32.1. The van der Waals surface area contributed by atoms with Crippen LogP contribution in [0, 0.1) is 0 Å². The van der Waals surface area contributed by atoms with E-state index in [1.807, 2.05) is 61.5 Å². The Labute approximate surface area is 154 Å². The Bertz CT molecular complexity index is 713. The molecule has 0 bridgehead atoms. The lowest BCUT2D eigenvalue weighted by Gasteiger charge is -2.39. The zero-order chi connectivity index (χ0) is 17.7. The smallest absolute Gasteiger partial charge is 0.173 e. The van der Waals surface area contributed by atoms with Crippen LogP contribution in [0.3, 0.4) is 0 Å². The fourth-order valence-corrected chi connectivity index (χ4v) is 3.45. The van der Waals surface area contributed by atoms with E-state index >= 15 is 0 Å². The Morgan fingerprint density at radius 1 is 1.12 bits per heavy atom. The van der Waals surface area contributed by atoms with Gasteiger partial charge in [-0.2, -0.15) is 0 Å². The Balaban J connectivity index is 1.62. The second-order valence-corrected chi connectivity index (χ2v) is 6.63. The number of anilines is 1. The molecule has 0 aliphatic carbocycles. The van der Waals surface area contributed by atoms with Crippen molar-refractivity contribution >= 4 is 23.0 Å². The first-order chi connectivity index (χ1) is 12.1. The number of benzene rings is 2. The van der Waals surface area contributed by atoms with Crippen molar-refractivity contribution in [1.29, 1.82) is 0 Å². The monoisotopic (exact) mass is 356 g/mol. The molecule has 1 saturated heterocycles. The molecule has 2 aromatic carbocycles. The van der Waals surface area contributed by atoms with Crippen LogP contribution in [0.25, 0.3) is 0 Å². The van der Waals surface area contributed by atoms with E-state index in [0.717, 1.165) is 17.0 Å². The zero-order valence-corrected chi connectivity index (χ0v) is 15.3. The number of aliphatic hydroxyl groups is 1. The molecule has 132 valence electrons. The molecule has 0 atom stereocenters. The summed E-state index contributed by atoms with van der Waals surface area (Å²) in [5.74, 6) is 0.796. The fourth-order valence-electron chi connectivity index (χ4n) is 3.16. The quantitative estimate of drug-likeness (QED) is 0.817. The number of likely N-dealkylation sites (tertiary alicyclic amines) is 1. The first-order valence-electron chi connectivity index (χ1n) is 8.68. The largest absolute Gasteiger partial charge is 0.492 e. The van der Waals surface area contributed by atoms with Crippen LogP contribution in [0.1, 0.15) is 25.3 Å². The summed E-state index contributed by atoms with van der Waals surface area (Å²) in [5.41, 5.74) is 1.09. The predicted octanol–water partition coefficient (Wildman–Crippen LogP) is 3.77. The number of piperidine rings is 1. The van der Waals surface area contributed by atoms with E-state index in [1.54, 1.807) is 0 Å². The van der Waals surface area contributed by atoms with Crippen LogP contribution in [0.2, 0.25) is 0 Å². The molecule has 0 spiro atoms. The van der Waals surface area contributed by atoms with Gasteiger partial charge in [0.05, 0.1) is 17.9 Å². The highest BCUT2D eigenvalue weighted by Crippen LogP contribution is 2.33. The number of thiocarbonyl (C=S) groups is 1. The average molecular weight is 356 g/mol. The molecule has 2 N–H and O–H groups in total. The van der Waals surface area contributed by atoms with Gasteiger partial charge in [-0.15, -0.1) is 0 Å². The summed E-state index contributed by atoms with van der Waals surface area (Å²) in [6.45, 7) is 4.01. The van der Waals surface area contributed by atoms with E-state index in [4.69, 9.17) is 17.0 Å². The van der Waals surface area contributed by atoms with Gasteiger partial charge in [0, 0.05) is 13.1 Å². The van der Waals surface area contributed by atoms with Gasteiger partial charge in [0.1, 0.15) is 5.75 Å². The number of nitrogens with zero attached hydrogens (tertiary/aromatic N) is 1. The maximum Gasteiger partial charge on any atom is 0.173 e. The van der Waals surface area contributed by atoms with Crippen LogP contribution < -0.4 is 10.1 Å². The van der Waals surface area contributed by atoms with Crippen molar-refractivity contribution < 1.29 is 9.84 Å². The van der Waals surface area contributed by atoms with Gasteiger partial charge < -0.3 is 20.1 Å². The number of hydrogen-bond acceptors (Lipinski definition) is 3. The standard InChI is InChI=1S/C20H24N2O2S/c1-2-24-18-11-7-6-10-17(18)21-19(25)22-14-12-20(23,13-15-22)16-8-4-3-5-9-16/h3-11,23H,2,12-15H2,1H3,(H,21,25). The van der Waals surface area contributed by atoms with E-state index in [-0.39, 0.29) is 0 Å². The summed E-state index contributed by atoms with van der Waals surface area (Å²) in [7, 11) is 0. The molecule has 0 radical (unpaired) electrons. The van der Waals surface area contributed by atoms with Crippen LogP contribution in [-0.4, -0.2) is 34.8 Å². The molecule has 4 nitrogen and oxygen atoms in total. The predicted molar refractivity (Wildman–Crippen MR) is 105 cm³/mol. The van der Waals surface area contributed by atoms with E-state index in [9.17, 15) is 5.11 Å². The van der Waals surface area contributed by atoms with Gasteiger partial charge in [-0.1, -0.05) is 42.5 Å². The minimum absolute atomic E-state index is 0.610. The molecular weight excluding hydrogens is 332 g/mol. The van der Waals surface area contributed by atoms with E-state index in [0.29, 0.717) is 37.7 Å². The molecule has 25 heavy (non-hydrogen) atoms. The van der Waals surface area contributed by atoms with Crippen molar-refractivity contribution in [1.82, 2.24) is 4.90 Å². The fraction of sp³-hybridized carbons (Fsp3) is 0.350. The van der Waals surface area contributed by atoms with Crippen molar-refractivity contribution in [3.8, 4) is 5.75 Å². The molecule has 1 heterocycles. The van der Waals surface area contributed by atoms with Crippen LogP contribution >= 0.6 is 12.2 Å². The van der Waals surface area contributed by atoms with Crippen LogP contribution in [0.5, 0.6) is 5.75 Å². The molecule has 0 saturated carbocycles. The van der Waals surface area contributed by atoms with Gasteiger partial charge in [0.15, 0.2) is 5.11 Å². The van der Waals surface area contributed by atoms with Gasteiger partial charge in [-0.25, -0.2) is 0 Å². The molecule has 0 amide bonds. The third-order valence-corrected chi connectivity index (χ3v) is 4.98. The van der Waals surface area contributed by atoms with Gasteiger partial charge in [0.2, 0.25) is 0 Å². The molecule has 3 rings (SSSR count). The van der Waals surface area contributed by atoms with Crippen LogP contribution in [-0.2, 0) is 5.60 Å². The number of nitrogens with one attached hydrogen (secondary N) is 1. The number of hydrogen-bond donors (Lipinski definition) is 2. The summed E-state index contributed by atoms with van der Waals surface area (Å²) < 4.78 is 5.64. The minimum atomic E-state index is -0.767. The molecule has 0 aromatic heterocycles. The van der Waals surface area contributed by atoms with Crippen molar-refractivity contribution in [3.63, 3.8) is 0 Å². The normalized spacial score (nSPS) is 16.3. The molecule has 1 aliphatic heterocycles. The molecule has 1 aliphatic rings. The van der Waals surface area contributed by atoms with Crippen molar-refractivity contribution in [3.05, 3.63) is 60.2 Å². The van der Waals surface area contributed by atoms with Gasteiger partial charge in [0.25, 0.3) is 0 Å². The summed E-state index contributed by atoms with van der Waals surface area (Å²) >= 11 is 5.57. The third-order valence-electron chi connectivity index (χ3n) is 4.62. The summed E-state index contributed by atoms with van der Waals surface area (Å²) in [5, 5.41) is 14.9. The molecule has 1 fully saturated rings. The molecule has 5 heteroatoms. The molecular formula is C20H24N2O2S. The van der Waals surface area contributed by atoms with E-state index in [2.05, 4.69) is 10.2 Å². The zero-order valence-electron chi connectivity index (χ0n) is 14.4. The Hall–Kier alpha value is -2.11. The maximum absolute atomic E-state index is 10.9. The maximum atomic E-state index is 10.9. The van der Waals surface area contributed by atoms with Crippen LogP contribution in [0.15, 0.2) is 54.6 Å².